The maximum Gasteiger partial charge on any atom is 0.255 e. The van der Waals surface area contributed by atoms with Crippen LogP contribution in [-0.2, 0) is 4.74 Å². The lowest BCUT2D eigenvalue weighted by molar-refractivity contribution is 0.102. The fourth-order valence-corrected chi connectivity index (χ4v) is 3.79. The molecule has 0 atom stereocenters. The molecule has 6 heteroatoms. The van der Waals surface area contributed by atoms with Crippen LogP contribution in [0.25, 0.3) is 17.9 Å². The molecular formula is C28H24ClN3O2. The molecule has 0 saturated carbocycles. The molecule has 1 heterocycles. The van der Waals surface area contributed by atoms with Crippen LogP contribution in [0.1, 0.15) is 32.6 Å². The fourth-order valence-electron chi connectivity index (χ4n) is 3.63. The van der Waals surface area contributed by atoms with Gasteiger partial charge in [-0.25, -0.2) is 4.99 Å². The molecule has 1 aliphatic heterocycles. The van der Waals surface area contributed by atoms with Gasteiger partial charge in [-0.1, -0.05) is 49.6 Å². The number of anilines is 2. The fraction of sp³-hybridized carbons (Fsp3) is 0.0714. The first-order chi connectivity index (χ1) is 16.3. The van der Waals surface area contributed by atoms with Crippen LogP contribution < -0.4 is 10.2 Å². The highest BCUT2D eigenvalue weighted by Crippen LogP contribution is 2.36. The van der Waals surface area contributed by atoms with E-state index in [-0.39, 0.29) is 5.91 Å². The van der Waals surface area contributed by atoms with E-state index >= 15 is 0 Å². The SMILES string of the molecule is C=Cc1ccc(C(=O)Nc2cc(N(C)C)ccc2C2=Nc3cc(Cl)ccc3C(=C)O2)cc1C=C. The molecule has 3 aromatic rings. The summed E-state index contributed by atoms with van der Waals surface area (Å²) in [4.78, 5) is 19.8. The Morgan fingerprint density at radius 3 is 2.44 bits per heavy atom. The molecule has 0 saturated heterocycles. The third-order valence-electron chi connectivity index (χ3n) is 5.49. The molecule has 170 valence electrons. The van der Waals surface area contributed by atoms with Crippen molar-refractivity contribution >= 4 is 58.4 Å². The van der Waals surface area contributed by atoms with Crippen molar-refractivity contribution in [2.24, 2.45) is 4.99 Å². The lowest BCUT2D eigenvalue weighted by Crippen LogP contribution is -2.18. The maximum absolute atomic E-state index is 13.2. The molecule has 4 rings (SSSR count). The van der Waals surface area contributed by atoms with Crippen molar-refractivity contribution < 1.29 is 9.53 Å². The number of nitrogens with zero attached hydrogens (tertiary/aromatic N) is 2. The van der Waals surface area contributed by atoms with Crippen molar-refractivity contribution in [3.8, 4) is 0 Å². The summed E-state index contributed by atoms with van der Waals surface area (Å²) in [5.74, 6) is 0.518. The first-order valence-electron chi connectivity index (χ1n) is 10.6. The Balaban J connectivity index is 1.77. The topological polar surface area (TPSA) is 53.9 Å². The third-order valence-corrected chi connectivity index (χ3v) is 5.72. The highest BCUT2D eigenvalue weighted by Gasteiger charge is 2.22. The van der Waals surface area contributed by atoms with Crippen LogP contribution in [0.5, 0.6) is 0 Å². The lowest BCUT2D eigenvalue weighted by Gasteiger charge is -2.22. The largest absolute Gasteiger partial charge is 0.438 e. The Hall–Kier alpha value is -4.09. The number of carbonyl (C=O) groups excluding carboxylic acids is 1. The van der Waals surface area contributed by atoms with Crippen LogP contribution >= 0.6 is 11.6 Å². The number of nitrogens with one attached hydrogen (secondary N) is 1. The number of carbonyl (C=O) groups is 1. The van der Waals surface area contributed by atoms with E-state index in [0.29, 0.717) is 39.2 Å². The van der Waals surface area contributed by atoms with Crippen LogP contribution in [0.4, 0.5) is 17.1 Å². The summed E-state index contributed by atoms with van der Waals surface area (Å²) in [6.07, 6.45) is 3.43. The summed E-state index contributed by atoms with van der Waals surface area (Å²) in [6, 6.07) is 16.4. The first-order valence-corrected chi connectivity index (χ1v) is 11.0. The molecule has 0 spiro atoms. The summed E-state index contributed by atoms with van der Waals surface area (Å²) in [6.45, 7) is 11.7. The zero-order chi connectivity index (χ0) is 24.4. The number of fused-ring (bicyclic) bond motifs is 1. The van der Waals surface area contributed by atoms with Gasteiger partial charge in [-0.3, -0.25) is 4.79 Å². The van der Waals surface area contributed by atoms with Gasteiger partial charge in [0.2, 0.25) is 5.90 Å². The van der Waals surface area contributed by atoms with Crippen LogP contribution in [0.2, 0.25) is 5.02 Å². The van der Waals surface area contributed by atoms with Gasteiger partial charge < -0.3 is 15.0 Å². The zero-order valence-electron chi connectivity index (χ0n) is 19.1. The van der Waals surface area contributed by atoms with Crippen LogP contribution in [0, 0.1) is 0 Å². The van der Waals surface area contributed by atoms with Crippen molar-refractivity contribution in [1.82, 2.24) is 0 Å². The van der Waals surface area contributed by atoms with Crippen molar-refractivity contribution in [3.63, 3.8) is 0 Å². The van der Waals surface area contributed by atoms with E-state index in [0.717, 1.165) is 22.4 Å². The van der Waals surface area contributed by atoms with Gasteiger partial charge in [-0.2, -0.15) is 0 Å². The van der Waals surface area contributed by atoms with E-state index in [1.165, 1.54) is 0 Å². The molecule has 0 radical (unpaired) electrons. The van der Waals surface area contributed by atoms with E-state index in [9.17, 15) is 4.79 Å². The minimum atomic E-state index is -0.269. The van der Waals surface area contributed by atoms with Gasteiger partial charge in [-0.15, -0.1) is 0 Å². The normalized spacial score (nSPS) is 12.2. The molecule has 0 bridgehead atoms. The quantitative estimate of drug-likeness (QED) is 0.422. The molecular weight excluding hydrogens is 446 g/mol. The van der Waals surface area contributed by atoms with Gasteiger partial charge in [0, 0.05) is 35.9 Å². The monoisotopic (exact) mass is 469 g/mol. The molecule has 0 aliphatic carbocycles. The van der Waals surface area contributed by atoms with Gasteiger partial charge >= 0.3 is 0 Å². The van der Waals surface area contributed by atoms with Gasteiger partial charge in [0.25, 0.3) is 5.91 Å². The zero-order valence-corrected chi connectivity index (χ0v) is 19.8. The molecule has 3 aromatic carbocycles. The van der Waals surface area contributed by atoms with Gasteiger partial charge in [0.05, 0.1) is 16.9 Å². The Bertz CT molecular complexity index is 1370. The van der Waals surface area contributed by atoms with E-state index in [4.69, 9.17) is 16.3 Å². The van der Waals surface area contributed by atoms with Crippen LogP contribution in [0.15, 0.2) is 79.3 Å². The van der Waals surface area contributed by atoms with Gasteiger partial charge in [-0.05, 0) is 59.7 Å². The highest BCUT2D eigenvalue weighted by molar-refractivity contribution is 6.31. The highest BCUT2D eigenvalue weighted by atomic mass is 35.5. The number of benzene rings is 3. The Morgan fingerprint density at radius 2 is 1.74 bits per heavy atom. The summed E-state index contributed by atoms with van der Waals surface area (Å²) in [7, 11) is 3.86. The predicted octanol–water partition coefficient (Wildman–Crippen LogP) is 7.02. The smallest absolute Gasteiger partial charge is 0.255 e. The van der Waals surface area contributed by atoms with Crippen LogP contribution in [0.3, 0.4) is 0 Å². The summed E-state index contributed by atoms with van der Waals surface area (Å²) >= 11 is 6.17. The van der Waals surface area contributed by atoms with Crippen molar-refractivity contribution in [2.45, 2.75) is 0 Å². The average Bonchev–Trinajstić information content (AvgIpc) is 2.83. The number of aliphatic imine (C=N–C) groups is 1. The molecule has 0 unspecified atom stereocenters. The average molecular weight is 470 g/mol. The first kappa shape index (κ1) is 23.1. The summed E-state index contributed by atoms with van der Waals surface area (Å²) in [5.41, 5.74) is 5.74. The molecule has 1 amide bonds. The van der Waals surface area contributed by atoms with E-state index in [2.05, 4.69) is 30.0 Å². The predicted molar refractivity (Wildman–Crippen MR) is 143 cm³/mol. The van der Waals surface area contributed by atoms with Gasteiger partial charge in [0.15, 0.2) is 0 Å². The third kappa shape index (κ3) is 4.51. The molecule has 1 N–H and O–H groups in total. The minimum absolute atomic E-state index is 0.269. The van der Waals surface area contributed by atoms with Crippen molar-refractivity contribution in [2.75, 3.05) is 24.3 Å². The second-order valence-corrected chi connectivity index (χ2v) is 8.37. The molecule has 1 aliphatic rings. The van der Waals surface area contributed by atoms with Gasteiger partial charge in [0.1, 0.15) is 5.76 Å². The second-order valence-electron chi connectivity index (χ2n) is 7.93. The van der Waals surface area contributed by atoms with Crippen molar-refractivity contribution in [3.05, 3.63) is 107 Å². The standard InChI is InChI=1S/C28H24ClN3O2/c1-6-18-8-9-20(14-19(18)7-2)27(33)30-26-16-22(32(4)5)11-13-24(26)28-31-25-15-21(29)10-12-23(25)17(3)34-28/h6-16H,1-3H2,4-5H3,(H,30,33). The Kier molecular flexibility index (Phi) is 6.39. The second kappa shape index (κ2) is 9.41. The minimum Gasteiger partial charge on any atom is -0.438 e. The number of rotatable bonds is 6. The number of hydrogen-bond acceptors (Lipinski definition) is 4. The molecule has 0 fully saturated rings. The molecule has 0 aromatic heterocycles. The van der Waals surface area contributed by atoms with E-state index in [1.807, 2.05) is 49.3 Å². The lowest BCUT2D eigenvalue weighted by atomic mass is 10.0. The van der Waals surface area contributed by atoms with Crippen molar-refractivity contribution in [1.29, 1.82) is 0 Å². The van der Waals surface area contributed by atoms with E-state index < -0.39 is 0 Å². The van der Waals surface area contributed by atoms with E-state index in [1.54, 1.807) is 36.4 Å². The maximum atomic E-state index is 13.2. The number of amides is 1. The number of halogens is 1. The number of ether oxygens (including phenoxy) is 1. The Morgan fingerprint density at radius 1 is 1.00 bits per heavy atom. The molecule has 5 nitrogen and oxygen atoms in total. The number of hydrogen-bond donors (Lipinski definition) is 1. The summed E-state index contributed by atoms with van der Waals surface area (Å²) < 4.78 is 5.96. The summed E-state index contributed by atoms with van der Waals surface area (Å²) in [5, 5.41) is 3.58. The Labute approximate surface area is 204 Å². The molecule has 34 heavy (non-hydrogen) atoms. The van der Waals surface area contributed by atoms with Crippen LogP contribution in [-0.4, -0.2) is 25.9 Å².